The van der Waals surface area contributed by atoms with Crippen molar-refractivity contribution in [3.8, 4) is 0 Å². The molecule has 1 aliphatic rings. The second-order valence-corrected chi connectivity index (χ2v) is 6.42. The van der Waals surface area contributed by atoms with Gasteiger partial charge in [-0.2, -0.15) is 0 Å². The van der Waals surface area contributed by atoms with Crippen molar-refractivity contribution in [3.05, 3.63) is 11.1 Å². The summed E-state index contributed by atoms with van der Waals surface area (Å²) in [6.07, 6.45) is 4.89. The highest BCUT2D eigenvalue weighted by Gasteiger charge is 2.37. The number of nitrogens with zero attached hydrogens (tertiary/aromatic N) is 3. The summed E-state index contributed by atoms with van der Waals surface area (Å²) in [5.74, 6) is 1.00. The summed E-state index contributed by atoms with van der Waals surface area (Å²) >= 11 is 6.21. The van der Waals surface area contributed by atoms with Gasteiger partial charge in [-0.3, -0.25) is 4.57 Å². The van der Waals surface area contributed by atoms with E-state index in [4.69, 9.17) is 11.6 Å². The minimum Gasteiger partial charge on any atom is -0.295 e. The minimum atomic E-state index is -0.00819. The summed E-state index contributed by atoms with van der Waals surface area (Å²) in [7, 11) is 0. The highest BCUT2D eigenvalue weighted by atomic mass is 35.5. The van der Waals surface area contributed by atoms with Gasteiger partial charge in [-0.15, -0.1) is 10.2 Å². The van der Waals surface area contributed by atoms with E-state index in [1.165, 1.54) is 25.7 Å². The van der Waals surface area contributed by atoms with E-state index in [0.29, 0.717) is 5.28 Å². The number of halogens is 1. The van der Waals surface area contributed by atoms with Gasteiger partial charge in [-0.05, 0) is 31.4 Å². The molecule has 2 rings (SSSR count). The number of hydrogen-bond donors (Lipinski definition) is 0. The van der Waals surface area contributed by atoms with E-state index >= 15 is 0 Å². The smallest absolute Gasteiger partial charge is 0.225 e. The Morgan fingerprint density at radius 2 is 1.75 bits per heavy atom. The van der Waals surface area contributed by atoms with E-state index in [2.05, 4.69) is 42.5 Å². The van der Waals surface area contributed by atoms with Crippen molar-refractivity contribution in [1.29, 1.82) is 0 Å². The van der Waals surface area contributed by atoms with Gasteiger partial charge in [0.25, 0.3) is 0 Å². The van der Waals surface area contributed by atoms with E-state index in [9.17, 15) is 0 Å². The fourth-order valence-electron chi connectivity index (χ4n) is 2.59. The van der Waals surface area contributed by atoms with Crippen molar-refractivity contribution in [1.82, 2.24) is 14.8 Å². The molecule has 4 heteroatoms. The van der Waals surface area contributed by atoms with Crippen LogP contribution in [0.5, 0.6) is 0 Å². The van der Waals surface area contributed by atoms with Gasteiger partial charge >= 0.3 is 0 Å². The predicted octanol–water partition coefficient (Wildman–Crippen LogP) is 3.52. The molecule has 1 heterocycles. The van der Waals surface area contributed by atoms with Gasteiger partial charge in [0.05, 0.1) is 0 Å². The third-order valence-electron chi connectivity index (χ3n) is 3.51. The Morgan fingerprint density at radius 1 is 1.19 bits per heavy atom. The Morgan fingerprint density at radius 3 is 2.25 bits per heavy atom. The third kappa shape index (κ3) is 1.86. The van der Waals surface area contributed by atoms with Gasteiger partial charge in [0.1, 0.15) is 5.82 Å². The van der Waals surface area contributed by atoms with E-state index in [1.54, 1.807) is 0 Å². The first-order valence-corrected chi connectivity index (χ1v) is 6.34. The molecule has 0 amide bonds. The quantitative estimate of drug-likeness (QED) is 0.753. The molecular formula is C12H20ClN3. The Hall–Kier alpha value is -0.570. The van der Waals surface area contributed by atoms with Crippen molar-refractivity contribution < 1.29 is 0 Å². The van der Waals surface area contributed by atoms with Crippen LogP contribution in [0.3, 0.4) is 0 Å². The highest BCUT2D eigenvalue weighted by molar-refractivity contribution is 6.28. The molecule has 0 saturated heterocycles. The maximum absolute atomic E-state index is 6.21. The topological polar surface area (TPSA) is 30.7 Å². The number of hydrogen-bond acceptors (Lipinski definition) is 2. The molecule has 1 aromatic rings. The minimum absolute atomic E-state index is 0.00819. The van der Waals surface area contributed by atoms with Crippen molar-refractivity contribution in [3.63, 3.8) is 0 Å². The molecule has 16 heavy (non-hydrogen) atoms. The van der Waals surface area contributed by atoms with Gasteiger partial charge in [0.15, 0.2) is 0 Å². The summed E-state index contributed by atoms with van der Waals surface area (Å²) in [4.78, 5) is 0. The molecule has 90 valence electrons. The summed E-state index contributed by atoms with van der Waals surface area (Å²) in [6, 6.07) is 0. The van der Waals surface area contributed by atoms with Gasteiger partial charge < -0.3 is 0 Å². The van der Waals surface area contributed by atoms with Crippen molar-refractivity contribution >= 4 is 11.6 Å². The maximum Gasteiger partial charge on any atom is 0.225 e. The molecule has 1 saturated carbocycles. The first-order valence-electron chi connectivity index (χ1n) is 5.96. The number of aromatic nitrogens is 3. The second kappa shape index (κ2) is 3.73. The van der Waals surface area contributed by atoms with Crippen molar-refractivity contribution in [2.45, 2.75) is 64.3 Å². The molecule has 0 aromatic carbocycles. The fraction of sp³-hybridized carbons (Fsp3) is 0.833. The van der Waals surface area contributed by atoms with Crippen LogP contribution in [0.2, 0.25) is 5.28 Å². The highest BCUT2D eigenvalue weighted by Crippen LogP contribution is 2.40. The van der Waals surface area contributed by atoms with E-state index in [0.717, 1.165) is 5.82 Å². The normalized spacial score (nSPS) is 20.3. The lowest BCUT2D eigenvalue weighted by Crippen LogP contribution is -2.32. The molecule has 0 atom stereocenters. The average molecular weight is 242 g/mol. The lowest BCUT2D eigenvalue weighted by molar-refractivity contribution is 0.301. The van der Waals surface area contributed by atoms with Crippen molar-refractivity contribution in [2.75, 3.05) is 0 Å². The predicted molar refractivity (Wildman–Crippen MR) is 65.8 cm³/mol. The maximum atomic E-state index is 6.21. The van der Waals surface area contributed by atoms with Crippen LogP contribution in [0.4, 0.5) is 0 Å². The van der Waals surface area contributed by atoms with E-state index in [-0.39, 0.29) is 11.0 Å². The van der Waals surface area contributed by atoms with Crippen LogP contribution in [0.25, 0.3) is 0 Å². The van der Waals surface area contributed by atoms with Gasteiger partial charge in [0, 0.05) is 11.0 Å². The molecule has 1 aromatic heterocycles. The molecule has 1 fully saturated rings. The van der Waals surface area contributed by atoms with Crippen molar-refractivity contribution in [2.24, 2.45) is 0 Å². The van der Waals surface area contributed by atoms with Gasteiger partial charge in [-0.25, -0.2) is 0 Å². The first-order chi connectivity index (χ1) is 7.34. The zero-order chi connectivity index (χ0) is 12.0. The Balaban J connectivity index is 2.51. The molecule has 0 spiro atoms. The summed E-state index contributed by atoms with van der Waals surface area (Å²) < 4.78 is 2.15. The van der Waals surface area contributed by atoms with Crippen LogP contribution in [0.15, 0.2) is 0 Å². The van der Waals surface area contributed by atoms with Crippen LogP contribution >= 0.6 is 11.6 Å². The SMILES string of the molecule is CC(C)(C)c1nnc(Cl)n1C1(C)CCCC1. The molecule has 0 N–H and O–H groups in total. The number of rotatable bonds is 1. The molecule has 0 aliphatic heterocycles. The Kier molecular flexibility index (Phi) is 2.77. The van der Waals surface area contributed by atoms with Gasteiger partial charge in [-0.1, -0.05) is 33.6 Å². The standard InChI is InChI=1S/C12H20ClN3/c1-11(2,3)9-14-15-10(13)16(9)12(4)7-5-6-8-12/h5-8H2,1-4H3. The van der Waals surface area contributed by atoms with Crippen LogP contribution < -0.4 is 0 Å². The first kappa shape index (κ1) is 11.9. The average Bonchev–Trinajstić information content (AvgIpc) is 2.71. The summed E-state index contributed by atoms with van der Waals surface area (Å²) in [5.41, 5.74) is 0.106. The molecule has 0 radical (unpaired) electrons. The lowest BCUT2D eigenvalue weighted by Gasteiger charge is -2.31. The zero-order valence-corrected chi connectivity index (χ0v) is 11.3. The van der Waals surface area contributed by atoms with E-state index in [1.807, 2.05) is 0 Å². The summed E-state index contributed by atoms with van der Waals surface area (Å²) in [6.45, 7) is 8.73. The second-order valence-electron chi connectivity index (χ2n) is 6.08. The lowest BCUT2D eigenvalue weighted by atomic mass is 9.92. The molecular weight excluding hydrogens is 222 g/mol. The third-order valence-corrected chi connectivity index (χ3v) is 3.76. The van der Waals surface area contributed by atoms with Crippen LogP contribution in [0, 0.1) is 0 Å². The van der Waals surface area contributed by atoms with Crippen LogP contribution in [-0.2, 0) is 11.0 Å². The van der Waals surface area contributed by atoms with Crippen LogP contribution in [0.1, 0.15) is 59.2 Å². The van der Waals surface area contributed by atoms with Crippen LogP contribution in [-0.4, -0.2) is 14.8 Å². The zero-order valence-electron chi connectivity index (χ0n) is 10.5. The largest absolute Gasteiger partial charge is 0.295 e. The molecule has 0 bridgehead atoms. The molecule has 1 aliphatic carbocycles. The van der Waals surface area contributed by atoms with Gasteiger partial charge in [0.2, 0.25) is 5.28 Å². The molecule has 0 unspecified atom stereocenters. The molecule has 3 nitrogen and oxygen atoms in total. The van der Waals surface area contributed by atoms with E-state index < -0.39 is 0 Å². The Bertz CT molecular complexity index is 383. The monoisotopic (exact) mass is 241 g/mol. The fourth-order valence-corrected chi connectivity index (χ4v) is 2.91. The summed E-state index contributed by atoms with van der Waals surface area (Å²) in [5, 5.41) is 8.85. The Labute approximate surface area is 102 Å².